The molecule has 0 radical (unpaired) electrons. The maximum atomic E-state index is 6.62. The highest BCUT2D eigenvalue weighted by molar-refractivity contribution is 6.09. The van der Waals surface area contributed by atoms with Gasteiger partial charge in [-0.25, -0.2) is 15.0 Å². The van der Waals surface area contributed by atoms with Crippen molar-refractivity contribution in [1.29, 1.82) is 0 Å². The zero-order valence-corrected chi connectivity index (χ0v) is 28.4. The number of imidazole rings is 3. The largest absolute Gasteiger partial charge is 0.457 e. The lowest BCUT2D eigenvalue weighted by molar-refractivity contribution is 0.484. The molecule has 0 aliphatic heterocycles. The lowest BCUT2D eigenvalue weighted by Crippen LogP contribution is -2.15. The number of pyridine rings is 1. The first-order chi connectivity index (χ1) is 24.9. The van der Waals surface area contributed by atoms with E-state index in [-0.39, 0.29) is 5.41 Å². The highest BCUT2D eigenvalue weighted by Crippen LogP contribution is 2.37. The van der Waals surface area contributed by atoms with Crippen molar-refractivity contribution in [2.75, 3.05) is 0 Å². The first-order valence-corrected chi connectivity index (χ1v) is 17.1. The molecule has 0 bridgehead atoms. The number of para-hydroxylation sites is 3. The topological polar surface area (TPSA) is 67.1 Å². The summed E-state index contributed by atoms with van der Waals surface area (Å²) in [5, 5.41) is 2.31. The molecular formula is C43H33N7O. The van der Waals surface area contributed by atoms with Crippen molar-refractivity contribution in [2.24, 2.45) is 0 Å². The van der Waals surface area contributed by atoms with Gasteiger partial charge in [0.2, 0.25) is 5.78 Å². The molecule has 51 heavy (non-hydrogen) atoms. The van der Waals surface area contributed by atoms with Crippen molar-refractivity contribution >= 4 is 49.9 Å². The Morgan fingerprint density at radius 3 is 2.16 bits per heavy atom. The minimum atomic E-state index is -0.0641. The number of rotatable bonds is 5. The Bertz CT molecular complexity index is 2920. The van der Waals surface area contributed by atoms with Gasteiger partial charge >= 0.3 is 0 Å². The Morgan fingerprint density at radius 2 is 1.33 bits per heavy atom. The van der Waals surface area contributed by atoms with Gasteiger partial charge in [-0.05, 0) is 71.6 Å². The molecule has 0 aliphatic carbocycles. The maximum Gasteiger partial charge on any atom is 0.223 e. The van der Waals surface area contributed by atoms with Crippen LogP contribution in [0.4, 0.5) is 0 Å². The monoisotopic (exact) mass is 663 g/mol. The molecule has 0 aliphatic rings. The van der Waals surface area contributed by atoms with E-state index in [0.29, 0.717) is 5.75 Å². The van der Waals surface area contributed by atoms with Gasteiger partial charge in [0.05, 0.1) is 33.4 Å². The van der Waals surface area contributed by atoms with Crippen LogP contribution in [0.2, 0.25) is 0 Å². The van der Waals surface area contributed by atoms with Crippen LogP contribution in [0, 0.1) is 0 Å². The molecule has 5 heterocycles. The van der Waals surface area contributed by atoms with E-state index in [9.17, 15) is 0 Å². The molecule has 5 aromatic carbocycles. The summed E-state index contributed by atoms with van der Waals surface area (Å²) in [5.41, 5.74) is 8.95. The molecule has 0 atom stereocenters. The smallest absolute Gasteiger partial charge is 0.223 e. The van der Waals surface area contributed by atoms with Crippen LogP contribution in [-0.2, 0) is 5.41 Å². The summed E-state index contributed by atoms with van der Waals surface area (Å²) in [6, 6.07) is 45.7. The summed E-state index contributed by atoms with van der Waals surface area (Å²) in [7, 11) is 0. The lowest BCUT2D eigenvalue weighted by Gasteiger charge is -2.23. The fourth-order valence-corrected chi connectivity index (χ4v) is 7.45. The lowest BCUT2D eigenvalue weighted by atomic mass is 9.86. The van der Waals surface area contributed by atoms with E-state index in [1.807, 2.05) is 55.0 Å². The van der Waals surface area contributed by atoms with Crippen molar-refractivity contribution in [1.82, 2.24) is 33.1 Å². The highest BCUT2D eigenvalue weighted by atomic mass is 16.5. The van der Waals surface area contributed by atoms with Gasteiger partial charge < -0.3 is 4.74 Å². The van der Waals surface area contributed by atoms with Crippen molar-refractivity contribution in [3.8, 4) is 28.7 Å². The van der Waals surface area contributed by atoms with Crippen LogP contribution in [0.15, 0.2) is 146 Å². The second kappa shape index (κ2) is 10.9. The zero-order valence-electron chi connectivity index (χ0n) is 28.4. The predicted molar refractivity (Wildman–Crippen MR) is 204 cm³/mol. The van der Waals surface area contributed by atoms with Crippen LogP contribution in [0.1, 0.15) is 26.3 Å². The standard InChI is InChI=1S/C43H33N7O/c1-43(2,3)33-16-8-10-18-36(33)47-27-45-40-41(47)48(28-13-5-4-6-14-28)42-46-34-23-21-30(26-38(34)50(40)42)51-29-20-22-32-31-15-7-9-17-35(31)49(37(32)25-29)39-19-11-12-24-44-39/h4-27H,1-3H3. The van der Waals surface area contributed by atoms with Gasteiger partial charge in [-0.15, -0.1) is 0 Å². The number of hydrogen-bond donors (Lipinski definition) is 0. The number of benzene rings is 5. The van der Waals surface area contributed by atoms with Gasteiger partial charge in [0, 0.05) is 29.1 Å². The fourth-order valence-electron chi connectivity index (χ4n) is 7.45. The molecule has 8 nitrogen and oxygen atoms in total. The Balaban J connectivity index is 1.15. The Labute approximate surface area is 293 Å². The molecule has 0 N–H and O–H groups in total. The van der Waals surface area contributed by atoms with Gasteiger partial charge in [0.1, 0.15) is 23.6 Å². The third-order valence-electron chi connectivity index (χ3n) is 9.70. The average Bonchev–Trinajstić information content (AvgIpc) is 3.90. The summed E-state index contributed by atoms with van der Waals surface area (Å²) in [5.74, 6) is 3.09. The third-order valence-corrected chi connectivity index (χ3v) is 9.70. The minimum Gasteiger partial charge on any atom is -0.457 e. The predicted octanol–water partition coefficient (Wildman–Crippen LogP) is 10.2. The summed E-state index contributed by atoms with van der Waals surface area (Å²) >= 11 is 0. The summed E-state index contributed by atoms with van der Waals surface area (Å²) in [6.45, 7) is 6.73. The van der Waals surface area contributed by atoms with Gasteiger partial charge in [-0.1, -0.05) is 81.4 Å². The Hall–Kier alpha value is -6.67. The summed E-state index contributed by atoms with van der Waals surface area (Å²) in [4.78, 5) is 14.9. The van der Waals surface area contributed by atoms with Crippen molar-refractivity contribution in [2.45, 2.75) is 26.2 Å². The van der Waals surface area contributed by atoms with E-state index >= 15 is 0 Å². The van der Waals surface area contributed by atoms with Crippen LogP contribution in [0.25, 0.3) is 67.1 Å². The van der Waals surface area contributed by atoms with Gasteiger partial charge in [0.15, 0.2) is 11.3 Å². The number of aromatic nitrogens is 7. The van der Waals surface area contributed by atoms with Crippen molar-refractivity contribution in [3.63, 3.8) is 0 Å². The molecule has 0 spiro atoms. The van der Waals surface area contributed by atoms with E-state index < -0.39 is 0 Å². The molecule has 5 aromatic heterocycles. The van der Waals surface area contributed by atoms with Gasteiger partial charge in [-0.2, -0.15) is 0 Å². The SMILES string of the molecule is CC(C)(C)c1ccccc1-n1cnc2c1n(-c1ccccc1)c1nc3ccc(Oc4ccc5c6ccccc6n(-c6ccccn6)c5c4)cc3n21. The maximum absolute atomic E-state index is 6.62. The van der Waals surface area contributed by atoms with E-state index in [1.54, 1.807) is 0 Å². The molecule has 0 saturated heterocycles. The highest BCUT2D eigenvalue weighted by Gasteiger charge is 2.25. The first-order valence-electron chi connectivity index (χ1n) is 17.1. The van der Waals surface area contributed by atoms with E-state index in [2.05, 4.69) is 135 Å². The summed E-state index contributed by atoms with van der Waals surface area (Å²) < 4.78 is 15.4. The van der Waals surface area contributed by atoms with Crippen LogP contribution in [0.5, 0.6) is 11.5 Å². The zero-order chi connectivity index (χ0) is 34.3. The molecule has 0 fully saturated rings. The first kappa shape index (κ1) is 29.3. The summed E-state index contributed by atoms with van der Waals surface area (Å²) in [6.07, 6.45) is 3.75. The molecule has 0 saturated carbocycles. The van der Waals surface area contributed by atoms with Crippen LogP contribution >= 0.6 is 0 Å². The second-order valence-electron chi connectivity index (χ2n) is 13.9. The van der Waals surface area contributed by atoms with Gasteiger partial charge in [-0.3, -0.25) is 18.1 Å². The van der Waals surface area contributed by atoms with Gasteiger partial charge in [0.25, 0.3) is 0 Å². The molecular weight excluding hydrogens is 631 g/mol. The van der Waals surface area contributed by atoms with Crippen LogP contribution < -0.4 is 4.74 Å². The minimum absolute atomic E-state index is 0.0641. The molecule has 10 rings (SSSR count). The van der Waals surface area contributed by atoms with Crippen LogP contribution in [0.3, 0.4) is 0 Å². The molecule has 0 amide bonds. The van der Waals surface area contributed by atoms with E-state index in [1.165, 1.54) is 10.9 Å². The molecule has 0 unspecified atom stereocenters. The molecule has 8 heteroatoms. The number of nitrogens with zero attached hydrogens (tertiary/aromatic N) is 7. The molecule has 246 valence electrons. The molecule has 10 aromatic rings. The normalized spacial score (nSPS) is 12.2. The Kier molecular flexibility index (Phi) is 6.26. The second-order valence-corrected chi connectivity index (χ2v) is 13.9. The average molecular weight is 664 g/mol. The Morgan fingerprint density at radius 1 is 0.608 bits per heavy atom. The third kappa shape index (κ3) is 4.49. The van der Waals surface area contributed by atoms with Crippen LogP contribution in [-0.4, -0.2) is 33.1 Å². The number of hydrogen-bond acceptors (Lipinski definition) is 4. The fraction of sp³-hybridized carbons (Fsp3) is 0.0930. The van der Waals surface area contributed by atoms with E-state index in [0.717, 1.165) is 67.5 Å². The van der Waals surface area contributed by atoms with Crippen molar-refractivity contribution in [3.05, 3.63) is 152 Å². The number of fused-ring (bicyclic) bond motifs is 8. The van der Waals surface area contributed by atoms with Crippen molar-refractivity contribution < 1.29 is 4.74 Å². The number of ether oxygens (including phenoxy) is 1. The quantitative estimate of drug-likeness (QED) is 0.184. The van der Waals surface area contributed by atoms with E-state index in [4.69, 9.17) is 14.7 Å².